The second-order valence-corrected chi connectivity index (χ2v) is 4.22. The molecule has 0 saturated carbocycles. The Morgan fingerprint density at radius 1 is 1.62 bits per heavy atom. The Bertz CT molecular complexity index is 461. The Morgan fingerprint density at radius 3 is 3.12 bits per heavy atom. The van der Waals surface area contributed by atoms with Crippen LogP contribution in [-0.4, -0.2) is 22.0 Å². The first kappa shape index (κ1) is 10.9. The van der Waals surface area contributed by atoms with Crippen LogP contribution in [-0.2, 0) is 6.54 Å². The fraction of sp³-hybridized carbons (Fsp3) is 0.273. The molecule has 2 aromatic rings. The summed E-state index contributed by atoms with van der Waals surface area (Å²) in [4.78, 5) is 15.7. The van der Waals surface area contributed by atoms with Crippen molar-refractivity contribution < 1.29 is 4.79 Å². The van der Waals surface area contributed by atoms with Crippen LogP contribution in [0, 0.1) is 6.92 Å². The van der Waals surface area contributed by atoms with Crippen molar-refractivity contribution in [1.29, 1.82) is 0 Å². The van der Waals surface area contributed by atoms with Crippen molar-refractivity contribution in [3.05, 3.63) is 40.6 Å². The second kappa shape index (κ2) is 4.94. The zero-order valence-corrected chi connectivity index (χ0v) is 9.83. The molecule has 0 unspecified atom stereocenters. The Morgan fingerprint density at radius 2 is 2.50 bits per heavy atom. The van der Waals surface area contributed by atoms with E-state index in [1.54, 1.807) is 6.20 Å². The van der Waals surface area contributed by atoms with Crippen LogP contribution in [0.15, 0.2) is 29.2 Å². The highest BCUT2D eigenvalue weighted by molar-refractivity contribution is 7.08. The van der Waals surface area contributed by atoms with Crippen LogP contribution in [0.25, 0.3) is 0 Å². The van der Waals surface area contributed by atoms with Gasteiger partial charge in [-0.3, -0.25) is 4.79 Å². The van der Waals surface area contributed by atoms with Crippen LogP contribution in [0.4, 0.5) is 0 Å². The van der Waals surface area contributed by atoms with E-state index in [0.717, 1.165) is 17.9 Å². The number of amides is 1. The van der Waals surface area contributed by atoms with Gasteiger partial charge in [0.25, 0.3) is 5.91 Å². The number of thiophene rings is 1. The molecule has 0 spiro atoms. The van der Waals surface area contributed by atoms with Gasteiger partial charge in [-0.2, -0.15) is 11.3 Å². The summed E-state index contributed by atoms with van der Waals surface area (Å²) in [5.41, 5.74) is 0.729. The number of carbonyl (C=O) groups excluding carboxylic acids is 1. The first-order valence-corrected chi connectivity index (χ1v) is 6.00. The molecule has 84 valence electrons. The number of imidazole rings is 1. The van der Waals surface area contributed by atoms with E-state index in [-0.39, 0.29) is 5.91 Å². The summed E-state index contributed by atoms with van der Waals surface area (Å²) < 4.78 is 2.01. The van der Waals surface area contributed by atoms with Crippen molar-refractivity contribution >= 4 is 17.2 Å². The van der Waals surface area contributed by atoms with Gasteiger partial charge >= 0.3 is 0 Å². The lowest BCUT2D eigenvalue weighted by molar-refractivity contribution is 0.0952. The van der Waals surface area contributed by atoms with Gasteiger partial charge in [-0.1, -0.05) is 0 Å². The van der Waals surface area contributed by atoms with Crippen molar-refractivity contribution in [1.82, 2.24) is 14.9 Å². The number of nitrogens with one attached hydrogen (secondary N) is 1. The third kappa shape index (κ3) is 2.49. The summed E-state index contributed by atoms with van der Waals surface area (Å²) in [6.07, 6.45) is 3.67. The number of aromatic nitrogens is 2. The quantitative estimate of drug-likeness (QED) is 0.876. The Kier molecular flexibility index (Phi) is 3.36. The van der Waals surface area contributed by atoms with E-state index in [1.165, 1.54) is 11.3 Å². The van der Waals surface area contributed by atoms with E-state index < -0.39 is 0 Å². The predicted octanol–water partition coefficient (Wildman–Crippen LogP) is 1.68. The van der Waals surface area contributed by atoms with Crippen LogP contribution in [0.1, 0.15) is 16.2 Å². The maximum absolute atomic E-state index is 11.6. The first-order chi connectivity index (χ1) is 7.77. The molecule has 1 amide bonds. The molecule has 2 rings (SSSR count). The highest BCUT2D eigenvalue weighted by Gasteiger charge is 2.04. The van der Waals surface area contributed by atoms with E-state index in [1.807, 2.05) is 34.5 Å². The van der Waals surface area contributed by atoms with E-state index in [4.69, 9.17) is 0 Å². The summed E-state index contributed by atoms with van der Waals surface area (Å²) in [6, 6.07) is 1.82. The summed E-state index contributed by atoms with van der Waals surface area (Å²) >= 11 is 1.53. The maximum atomic E-state index is 11.6. The van der Waals surface area contributed by atoms with Crippen molar-refractivity contribution in [2.75, 3.05) is 6.54 Å². The van der Waals surface area contributed by atoms with Crippen LogP contribution in [0.5, 0.6) is 0 Å². The van der Waals surface area contributed by atoms with E-state index in [2.05, 4.69) is 10.3 Å². The van der Waals surface area contributed by atoms with Gasteiger partial charge in [0, 0.05) is 36.4 Å². The monoisotopic (exact) mass is 235 g/mol. The van der Waals surface area contributed by atoms with Crippen LogP contribution in [0.3, 0.4) is 0 Å². The van der Waals surface area contributed by atoms with Crippen molar-refractivity contribution in [2.24, 2.45) is 0 Å². The molecule has 0 radical (unpaired) electrons. The Labute approximate surface area is 97.9 Å². The molecule has 0 fully saturated rings. The van der Waals surface area contributed by atoms with Gasteiger partial charge in [0.1, 0.15) is 5.82 Å². The number of hydrogen-bond acceptors (Lipinski definition) is 3. The first-order valence-electron chi connectivity index (χ1n) is 5.05. The largest absolute Gasteiger partial charge is 0.350 e. The molecule has 0 aliphatic carbocycles. The molecule has 1 N–H and O–H groups in total. The number of nitrogens with zero attached hydrogens (tertiary/aromatic N) is 2. The summed E-state index contributed by atoms with van der Waals surface area (Å²) in [5, 5.41) is 6.61. The molecule has 2 aromatic heterocycles. The minimum atomic E-state index is -0.0148. The third-order valence-corrected chi connectivity index (χ3v) is 3.03. The van der Waals surface area contributed by atoms with Gasteiger partial charge in [-0.05, 0) is 18.4 Å². The van der Waals surface area contributed by atoms with Gasteiger partial charge in [-0.25, -0.2) is 4.98 Å². The van der Waals surface area contributed by atoms with Crippen molar-refractivity contribution in [3.8, 4) is 0 Å². The molecular weight excluding hydrogens is 222 g/mol. The average molecular weight is 235 g/mol. The molecule has 16 heavy (non-hydrogen) atoms. The minimum absolute atomic E-state index is 0.0148. The molecule has 0 saturated heterocycles. The number of carbonyl (C=O) groups is 1. The zero-order valence-electron chi connectivity index (χ0n) is 9.01. The fourth-order valence-corrected chi connectivity index (χ4v) is 2.06. The summed E-state index contributed by atoms with van der Waals surface area (Å²) in [7, 11) is 0. The van der Waals surface area contributed by atoms with Crippen molar-refractivity contribution in [3.63, 3.8) is 0 Å². The summed E-state index contributed by atoms with van der Waals surface area (Å²) in [6.45, 7) is 3.31. The second-order valence-electron chi connectivity index (χ2n) is 3.44. The van der Waals surface area contributed by atoms with Crippen LogP contribution >= 0.6 is 11.3 Å². The highest BCUT2D eigenvalue weighted by atomic mass is 32.1. The van der Waals surface area contributed by atoms with E-state index in [9.17, 15) is 4.79 Å². The number of aryl methyl sites for hydroxylation is 1. The SMILES string of the molecule is Cc1nccn1CCNC(=O)c1ccsc1. The number of rotatable bonds is 4. The smallest absolute Gasteiger partial charge is 0.252 e. The summed E-state index contributed by atoms with van der Waals surface area (Å²) in [5.74, 6) is 0.948. The maximum Gasteiger partial charge on any atom is 0.252 e. The van der Waals surface area contributed by atoms with E-state index in [0.29, 0.717) is 6.54 Å². The van der Waals surface area contributed by atoms with Crippen LogP contribution in [0.2, 0.25) is 0 Å². The predicted molar refractivity (Wildman–Crippen MR) is 63.6 cm³/mol. The Balaban J connectivity index is 1.81. The fourth-order valence-electron chi connectivity index (χ4n) is 1.43. The molecule has 2 heterocycles. The minimum Gasteiger partial charge on any atom is -0.350 e. The van der Waals surface area contributed by atoms with Gasteiger partial charge in [0.15, 0.2) is 0 Å². The number of hydrogen-bond donors (Lipinski definition) is 1. The lowest BCUT2D eigenvalue weighted by Crippen LogP contribution is -2.26. The zero-order chi connectivity index (χ0) is 11.4. The molecule has 0 aromatic carbocycles. The standard InChI is InChI=1S/C11H13N3OS/c1-9-12-3-5-14(9)6-4-13-11(15)10-2-7-16-8-10/h2-3,5,7-8H,4,6H2,1H3,(H,13,15). The lowest BCUT2D eigenvalue weighted by atomic mass is 10.3. The highest BCUT2D eigenvalue weighted by Crippen LogP contribution is 2.05. The van der Waals surface area contributed by atoms with Crippen molar-refractivity contribution in [2.45, 2.75) is 13.5 Å². The average Bonchev–Trinajstić information content (AvgIpc) is 2.90. The van der Waals surface area contributed by atoms with E-state index >= 15 is 0 Å². The van der Waals surface area contributed by atoms with Gasteiger partial charge in [0.05, 0.1) is 0 Å². The molecule has 0 bridgehead atoms. The topological polar surface area (TPSA) is 46.9 Å². The molecule has 4 nitrogen and oxygen atoms in total. The third-order valence-electron chi connectivity index (χ3n) is 2.35. The molecule has 0 atom stereocenters. The van der Waals surface area contributed by atoms with Crippen LogP contribution < -0.4 is 5.32 Å². The van der Waals surface area contributed by atoms with Gasteiger partial charge in [-0.15, -0.1) is 0 Å². The van der Waals surface area contributed by atoms with Gasteiger partial charge in [0.2, 0.25) is 0 Å². The molecular formula is C11H13N3OS. The molecule has 0 aliphatic heterocycles. The molecule has 0 aliphatic rings. The molecule has 5 heteroatoms. The lowest BCUT2D eigenvalue weighted by Gasteiger charge is -2.06. The Hall–Kier alpha value is -1.62. The van der Waals surface area contributed by atoms with Gasteiger partial charge < -0.3 is 9.88 Å². The normalized spacial score (nSPS) is 10.3.